The Bertz CT molecular complexity index is 287. The van der Waals surface area contributed by atoms with Crippen LogP contribution in [-0.2, 0) is 0 Å². The summed E-state index contributed by atoms with van der Waals surface area (Å²) in [5, 5.41) is 9.55. The van der Waals surface area contributed by atoms with Gasteiger partial charge in [0.1, 0.15) is 5.75 Å². The Labute approximate surface area is 86.0 Å². The van der Waals surface area contributed by atoms with E-state index in [9.17, 15) is 5.11 Å². The van der Waals surface area contributed by atoms with Gasteiger partial charge in [-0.25, -0.2) is 0 Å². The fourth-order valence-corrected chi connectivity index (χ4v) is 1.61. The van der Waals surface area contributed by atoms with Gasteiger partial charge in [0.2, 0.25) is 0 Å². The molecule has 13 heavy (non-hydrogen) atoms. The van der Waals surface area contributed by atoms with Gasteiger partial charge in [0.25, 0.3) is 0 Å². The molecule has 0 heterocycles. The van der Waals surface area contributed by atoms with Crippen LogP contribution < -0.4 is 11.3 Å². The molecule has 0 fully saturated rings. The van der Waals surface area contributed by atoms with Crippen molar-refractivity contribution in [2.75, 3.05) is 0 Å². The van der Waals surface area contributed by atoms with Crippen LogP contribution in [0.5, 0.6) is 5.75 Å². The Kier molecular flexibility index (Phi) is 3.71. The van der Waals surface area contributed by atoms with Crippen molar-refractivity contribution in [2.45, 2.75) is 19.4 Å². The van der Waals surface area contributed by atoms with Crippen LogP contribution in [0.2, 0.25) is 0 Å². The number of hydrogen-bond acceptors (Lipinski definition) is 3. The summed E-state index contributed by atoms with van der Waals surface area (Å²) in [6, 6.07) is 5.31. The number of hydrazine groups is 1. The third-order valence-corrected chi connectivity index (χ3v) is 2.47. The molecule has 1 aromatic carbocycles. The van der Waals surface area contributed by atoms with E-state index in [0.29, 0.717) is 0 Å². The Morgan fingerprint density at radius 3 is 2.85 bits per heavy atom. The van der Waals surface area contributed by atoms with Crippen LogP contribution in [-0.4, -0.2) is 5.11 Å². The smallest absolute Gasteiger partial charge is 0.120 e. The Morgan fingerprint density at radius 1 is 1.62 bits per heavy atom. The van der Waals surface area contributed by atoms with E-state index in [0.717, 1.165) is 16.5 Å². The van der Waals surface area contributed by atoms with Crippen molar-refractivity contribution in [2.24, 2.45) is 5.84 Å². The molecule has 0 aliphatic carbocycles. The maximum atomic E-state index is 9.55. The zero-order valence-electron chi connectivity index (χ0n) is 7.42. The van der Waals surface area contributed by atoms with E-state index in [4.69, 9.17) is 5.84 Å². The molecular formula is C9H13BrN2O. The summed E-state index contributed by atoms with van der Waals surface area (Å²) >= 11 is 3.34. The maximum absolute atomic E-state index is 9.55. The number of halogens is 1. The van der Waals surface area contributed by atoms with Gasteiger partial charge in [-0.1, -0.05) is 22.9 Å². The molecule has 1 atom stereocenters. The Hall–Kier alpha value is -0.580. The highest BCUT2D eigenvalue weighted by Crippen LogP contribution is 2.28. The molecule has 0 unspecified atom stereocenters. The van der Waals surface area contributed by atoms with Gasteiger partial charge in [0.15, 0.2) is 0 Å². The lowest BCUT2D eigenvalue weighted by Crippen LogP contribution is -2.27. The zero-order chi connectivity index (χ0) is 9.84. The second kappa shape index (κ2) is 4.60. The number of hydrogen-bond donors (Lipinski definition) is 3. The normalized spacial score (nSPS) is 12.8. The van der Waals surface area contributed by atoms with Crippen LogP contribution in [0.15, 0.2) is 22.7 Å². The first-order valence-corrected chi connectivity index (χ1v) is 4.93. The molecule has 4 N–H and O–H groups in total. The standard InChI is InChI=1S/C9H13BrN2O/c1-2-8(12-11)7-5-6(10)3-4-9(7)13/h3-5,8,12-13H,2,11H2,1H3/t8-/m1/s1. The third kappa shape index (κ3) is 2.43. The molecule has 4 heteroatoms. The summed E-state index contributed by atoms with van der Waals surface area (Å²) < 4.78 is 0.939. The average molecular weight is 245 g/mol. The van der Waals surface area contributed by atoms with Crippen molar-refractivity contribution in [3.63, 3.8) is 0 Å². The molecule has 0 saturated carbocycles. The molecule has 1 rings (SSSR count). The fourth-order valence-electron chi connectivity index (χ4n) is 1.23. The highest BCUT2D eigenvalue weighted by molar-refractivity contribution is 9.10. The van der Waals surface area contributed by atoms with E-state index >= 15 is 0 Å². The maximum Gasteiger partial charge on any atom is 0.120 e. The number of phenols is 1. The third-order valence-electron chi connectivity index (χ3n) is 1.97. The topological polar surface area (TPSA) is 58.3 Å². The Balaban J connectivity index is 3.03. The minimum absolute atomic E-state index is 0.00231. The minimum atomic E-state index is -0.00231. The molecule has 0 spiro atoms. The highest BCUT2D eigenvalue weighted by Gasteiger charge is 2.11. The first kappa shape index (κ1) is 10.5. The van der Waals surface area contributed by atoms with E-state index in [1.807, 2.05) is 13.0 Å². The molecule has 0 aliphatic heterocycles. The monoisotopic (exact) mass is 244 g/mol. The predicted octanol–water partition coefficient (Wildman–Crippen LogP) is 2.07. The lowest BCUT2D eigenvalue weighted by Gasteiger charge is -2.15. The summed E-state index contributed by atoms with van der Waals surface area (Å²) in [5.74, 6) is 5.63. The Morgan fingerprint density at radius 2 is 2.31 bits per heavy atom. The van der Waals surface area contributed by atoms with Crippen LogP contribution in [0.1, 0.15) is 24.9 Å². The van der Waals surface area contributed by atoms with Crippen LogP contribution >= 0.6 is 15.9 Å². The van der Waals surface area contributed by atoms with Crippen LogP contribution in [0, 0.1) is 0 Å². The summed E-state index contributed by atoms with van der Waals surface area (Å²) in [4.78, 5) is 0. The van der Waals surface area contributed by atoms with E-state index < -0.39 is 0 Å². The van der Waals surface area contributed by atoms with Crippen molar-refractivity contribution < 1.29 is 5.11 Å². The van der Waals surface area contributed by atoms with Gasteiger partial charge < -0.3 is 5.11 Å². The van der Waals surface area contributed by atoms with Crippen LogP contribution in [0.3, 0.4) is 0 Å². The average Bonchev–Trinajstić information content (AvgIpc) is 2.13. The van der Waals surface area contributed by atoms with Crippen LogP contribution in [0.25, 0.3) is 0 Å². The molecule has 0 amide bonds. The first-order chi connectivity index (χ1) is 6.19. The second-order valence-corrected chi connectivity index (χ2v) is 3.75. The SMILES string of the molecule is CC[C@@H](NN)c1cc(Br)ccc1O. The van der Waals surface area contributed by atoms with Crippen molar-refractivity contribution >= 4 is 15.9 Å². The number of benzene rings is 1. The van der Waals surface area contributed by atoms with E-state index in [2.05, 4.69) is 21.4 Å². The molecule has 0 aromatic heterocycles. The van der Waals surface area contributed by atoms with Gasteiger partial charge in [-0.3, -0.25) is 11.3 Å². The summed E-state index contributed by atoms with van der Waals surface area (Å²) in [5.41, 5.74) is 3.47. The van der Waals surface area contributed by atoms with Gasteiger partial charge in [0, 0.05) is 16.1 Å². The summed E-state index contributed by atoms with van der Waals surface area (Å²) in [7, 11) is 0. The van der Waals surface area contributed by atoms with Crippen molar-refractivity contribution in [1.82, 2.24) is 5.43 Å². The summed E-state index contributed by atoms with van der Waals surface area (Å²) in [6.07, 6.45) is 0.834. The molecular weight excluding hydrogens is 232 g/mol. The quantitative estimate of drug-likeness (QED) is 0.564. The zero-order valence-corrected chi connectivity index (χ0v) is 9.01. The largest absolute Gasteiger partial charge is 0.508 e. The molecule has 0 bridgehead atoms. The van der Waals surface area contributed by atoms with Crippen LogP contribution in [0.4, 0.5) is 0 Å². The lowest BCUT2D eigenvalue weighted by molar-refractivity contribution is 0.444. The number of nitrogens with two attached hydrogens (primary N) is 1. The predicted molar refractivity (Wildman–Crippen MR) is 56.2 cm³/mol. The molecule has 0 radical (unpaired) electrons. The number of nitrogens with one attached hydrogen (secondary N) is 1. The van der Waals surface area contributed by atoms with Crippen molar-refractivity contribution in [1.29, 1.82) is 0 Å². The van der Waals surface area contributed by atoms with Gasteiger partial charge in [-0.05, 0) is 24.6 Å². The molecule has 1 aromatic rings. The molecule has 72 valence electrons. The van der Waals surface area contributed by atoms with E-state index in [1.165, 1.54) is 0 Å². The fraction of sp³-hybridized carbons (Fsp3) is 0.333. The number of aromatic hydroxyl groups is 1. The van der Waals surface area contributed by atoms with Gasteiger partial charge in [-0.2, -0.15) is 0 Å². The lowest BCUT2D eigenvalue weighted by atomic mass is 10.0. The van der Waals surface area contributed by atoms with Crippen molar-refractivity contribution in [3.05, 3.63) is 28.2 Å². The minimum Gasteiger partial charge on any atom is -0.508 e. The van der Waals surface area contributed by atoms with Crippen molar-refractivity contribution in [3.8, 4) is 5.75 Å². The van der Waals surface area contributed by atoms with Gasteiger partial charge >= 0.3 is 0 Å². The molecule has 0 aliphatic rings. The van der Waals surface area contributed by atoms with Gasteiger partial charge in [0.05, 0.1) is 0 Å². The first-order valence-electron chi connectivity index (χ1n) is 4.13. The number of rotatable bonds is 3. The van der Waals surface area contributed by atoms with E-state index in [-0.39, 0.29) is 11.8 Å². The highest BCUT2D eigenvalue weighted by atomic mass is 79.9. The summed E-state index contributed by atoms with van der Waals surface area (Å²) in [6.45, 7) is 2.00. The van der Waals surface area contributed by atoms with Gasteiger partial charge in [-0.15, -0.1) is 0 Å². The second-order valence-electron chi connectivity index (χ2n) is 2.83. The number of phenolic OH excluding ortho intramolecular Hbond substituents is 1. The molecule has 0 saturated heterocycles. The molecule has 3 nitrogen and oxygen atoms in total. The van der Waals surface area contributed by atoms with E-state index in [1.54, 1.807) is 12.1 Å².